The number of hydrogen-bond donors (Lipinski definition) is 1. The van der Waals surface area contributed by atoms with Crippen LogP contribution in [0, 0.1) is 0 Å². The summed E-state index contributed by atoms with van der Waals surface area (Å²) in [5.41, 5.74) is 3.09. The second-order valence-electron chi connectivity index (χ2n) is 7.36. The molecule has 1 N–H and O–H groups in total. The van der Waals surface area contributed by atoms with E-state index >= 15 is 0 Å². The number of anilines is 1. The Morgan fingerprint density at radius 3 is 2.45 bits per heavy atom. The minimum atomic E-state index is -3.46. The van der Waals surface area contributed by atoms with E-state index in [0.29, 0.717) is 10.8 Å². The van der Waals surface area contributed by atoms with Gasteiger partial charge in [0, 0.05) is 17.7 Å². The van der Waals surface area contributed by atoms with Crippen LogP contribution in [0.4, 0.5) is 5.69 Å². The molecule has 0 fully saturated rings. The zero-order valence-corrected chi connectivity index (χ0v) is 19.7. The molecule has 0 spiro atoms. The fraction of sp³-hybridized carbons (Fsp3) is 0.120. The van der Waals surface area contributed by atoms with Crippen LogP contribution in [0.5, 0.6) is 5.75 Å². The summed E-state index contributed by atoms with van der Waals surface area (Å²) < 4.78 is 29.3. The van der Waals surface area contributed by atoms with E-state index in [1.807, 2.05) is 54.6 Å². The SMILES string of the molecule is COc1ccc2c(-c3ccccc3)cc(SCC(=O)Nc3ccccc3S(C)(=O)=O)nc2c1. The Bertz CT molecular complexity index is 1420. The van der Waals surface area contributed by atoms with E-state index in [4.69, 9.17) is 9.72 Å². The van der Waals surface area contributed by atoms with Gasteiger partial charge in [0.05, 0.1) is 34.0 Å². The van der Waals surface area contributed by atoms with Crippen molar-refractivity contribution in [3.63, 3.8) is 0 Å². The molecule has 1 heterocycles. The Morgan fingerprint density at radius 2 is 1.73 bits per heavy atom. The van der Waals surface area contributed by atoms with Crippen LogP contribution in [0.15, 0.2) is 88.8 Å². The van der Waals surface area contributed by atoms with Crippen molar-refractivity contribution in [1.82, 2.24) is 4.98 Å². The van der Waals surface area contributed by atoms with E-state index in [2.05, 4.69) is 5.32 Å². The lowest BCUT2D eigenvalue weighted by molar-refractivity contribution is -0.113. The van der Waals surface area contributed by atoms with Crippen molar-refractivity contribution in [1.29, 1.82) is 0 Å². The molecule has 3 aromatic carbocycles. The number of carbonyl (C=O) groups is 1. The minimum Gasteiger partial charge on any atom is -0.497 e. The van der Waals surface area contributed by atoms with Crippen LogP contribution in [-0.4, -0.2) is 38.4 Å². The van der Waals surface area contributed by atoms with Gasteiger partial charge >= 0.3 is 0 Å². The lowest BCUT2D eigenvalue weighted by atomic mass is 10.0. The van der Waals surface area contributed by atoms with E-state index < -0.39 is 9.84 Å². The molecule has 0 saturated heterocycles. The molecule has 6 nitrogen and oxygen atoms in total. The maximum Gasteiger partial charge on any atom is 0.234 e. The van der Waals surface area contributed by atoms with E-state index in [-0.39, 0.29) is 22.2 Å². The predicted molar refractivity (Wildman–Crippen MR) is 133 cm³/mol. The molecule has 1 amide bonds. The number of pyridine rings is 1. The van der Waals surface area contributed by atoms with Crippen molar-refractivity contribution in [2.45, 2.75) is 9.92 Å². The third-order valence-electron chi connectivity index (χ3n) is 4.99. The normalized spacial score (nSPS) is 11.3. The molecule has 8 heteroatoms. The highest BCUT2D eigenvalue weighted by Gasteiger charge is 2.15. The molecule has 0 radical (unpaired) electrons. The Labute approximate surface area is 196 Å². The number of carbonyl (C=O) groups excluding carboxylic acids is 1. The van der Waals surface area contributed by atoms with E-state index in [0.717, 1.165) is 28.3 Å². The van der Waals surface area contributed by atoms with Crippen molar-refractivity contribution < 1.29 is 17.9 Å². The van der Waals surface area contributed by atoms with Gasteiger partial charge in [-0.1, -0.05) is 54.2 Å². The molecule has 0 unspecified atom stereocenters. The van der Waals surface area contributed by atoms with Crippen LogP contribution < -0.4 is 10.1 Å². The predicted octanol–water partition coefficient (Wildman–Crippen LogP) is 5.04. The first kappa shape index (κ1) is 22.8. The summed E-state index contributed by atoms with van der Waals surface area (Å²) in [6.07, 6.45) is 1.12. The summed E-state index contributed by atoms with van der Waals surface area (Å²) >= 11 is 1.28. The summed E-state index contributed by atoms with van der Waals surface area (Å²) in [6.45, 7) is 0. The van der Waals surface area contributed by atoms with Crippen molar-refractivity contribution >= 4 is 44.1 Å². The standard InChI is InChI=1S/C25H22N2O4S2/c1-31-18-12-13-19-20(17-8-4-3-5-9-17)15-25(27-22(19)14-18)32-16-24(28)26-21-10-6-7-11-23(21)33(2,29)30/h3-15H,16H2,1-2H3,(H,26,28). The Kier molecular flexibility index (Phi) is 6.67. The van der Waals surface area contributed by atoms with Crippen LogP contribution in [0.1, 0.15) is 0 Å². The van der Waals surface area contributed by atoms with Crippen LogP contribution in [-0.2, 0) is 14.6 Å². The molecule has 33 heavy (non-hydrogen) atoms. The molecule has 0 atom stereocenters. The second kappa shape index (κ2) is 9.64. The molecule has 0 saturated carbocycles. The number of nitrogens with zero attached hydrogens (tertiary/aromatic N) is 1. The molecular weight excluding hydrogens is 456 g/mol. The van der Waals surface area contributed by atoms with Gasteiger partial charge in [-0.25, -0.2) is 13.4 Å². The molecule has 4 aromatic rings. The first-order chi connectivity index (χ1) is 15.8. The summed E-state index contributed by atoms with van der Waals surface area (Å²) in [5.74, 6) is 0.464. The van der Waals surface area contributed by atoms with Crippen molar-refractivity contribution in [3.05, 3.63) is 78.9 Å². The van der Waals surface area contributed by atoms with Gasteiger partial charge in [-0.2, -0.15) is 0 Å². The molecule has 4 rings (SSSR count). The average molecular weight is 479 g/mol. The first-order valence-electron chi connectivity index (χ1n) is 10.1. The zero-order chi connectivity index (χ0) is 23.4. The number of methoxy groups -OCH3 is 1. The van der Waals surface area contributed by atoms with Gasteiger partial charge in [0.2, 0.25) is 5.91 Å². The summed E-state index contributed by atoms with van der Waals surface area (Å²) in [5, 5.41) is 4.37. The third kappa shape index (κ3) is 5.35. The number of amides is 1. The highest BCUT2D eigenvalue weighted by atomic mass is 32.2. The Morgan fingerprint density at radius 1 is 1.00 bits per heavy atom. The van der Waals surface area contributed by atoms with Gasteiger partial charge in [-0.3, -0.25) is 4.79 Å². The zero-order valence-electron chi connectivity index (χ0n) is 18.1. The number of hydrogen-bond acceptors (Lipinski definition) is 6. The lowest BCUT2D eigenvalue weighted by Crippen LogP contribution is -2.16. The van der Waals surface area contributed by atoms with Gasteiger partial charge < -0.3 is 10.1 Å². The summed E-state index contributed by atoms with van der Waals surface area (Å²) in [6, 6.07) is 24.0. The number of aromatic nitrogens is 1. The summed E-state index contributed by atoms with van der Waals surface area (Å²) in [4.78, 5) is 17.4. The topological polar surface area (TPSA) is 85.4 Å². The summed E-state index contributed by atoms with van der Waals surface area (Å²) in [7, 11) is -1.85. The van der Waals surface area contributed by atoms with Crippen molar-refractivity contribution in [3.8, 4) is 16.9 Å². The van der Waals surface area contributed by atoms with Crippen molar-refractivity contribution in [2.24, 2.45) is 0 Å². The van der Waals surface area contributed by atoms with Gasteiger partial charge in [0.25, 0.3) is 0 Å². The minimum absolute atomic E-state index is 0.0782. The number of nitrogens with one attached hydrogen (secondary N) is 1. The second-order valence-corrected chi connectivity index (χ2v) is 10.3. The van der Waals surface area contributed by atoms with Crippen LogP contribution in [0.3, 0.4) is 0 Å². The number of fused-ring (bicyclic) bond motifs is 1. The van der Waals surface area contributed by atoms with Crippen LogP contribution in [0.2, 0.25) is 0 Å². The molecule has 0 bridgehead atoms. The van der Waals surface area contributed by atoms with Crippen molar-refractivity contribution in [2.75, 3.05) is 24.4 Å². The van der Waals surface area contributed by atoms with Gasteiger partial charge in [0.1, 0.15) is 5.75 Å². The number of rotatable bonds is 7. The third-order valence-corrected chi connectivity index (χ3v) is 7.06. The molecule has 0 aliphatic carbocycles. The monoisotopic (exact) mass is 478 g/mol. The molecule has 1 aromatic heterocycles. The number of ether oxygens (including phenoxy) is 1. The van der Waals surface area contributed by atoms with Gasteiger partial charge in [-0.15, -0.1) is 0 Å². The quantitative estimate of drug-likeness (QED) is 0.375. The average Bonchev–Trinajstić information content (AvgIpc) is 2.82. The highest BCUT2D eigenvalue weighted by molar-refractivity contribution is 7.99. The maximum atomic E-state index is 12.6. The molecule has 0 aliphatic heterocycles. The van der Waals surface area contributed by atoms with Crippen LogP contribution >= 0.6 is 11.8 Å². The fourth-order valence-electron chi connectivity index (χ4n) is 3.46. The van der Waals surface area contributed by atoms with E-state index in [9.17, 15) is 13.2 Å². The largest absolute Gasteiger partial charge is 0.497 e. The molecular formula is C25H22N2O4S2. The maximum absolute atomic E-state index is 12.6. The lowest BCUT2D eigenvalue weighted by Gasteiger charge is -2.12. The van der Waals surface area contributed by atoms with Crippen LogP contribution in [0.25, 0.3) is 22.0 Å². The highest BCUT2D eigenvalue weighted by Crippen LogP contribution is 2.33. The Balaban J connectivity index is 1.61. The van der Waals surface area contributed by atoms with Gasteiger partial charge in [-0.05, 0) is 41.5 Å². The van der Waals surface area contributed by atoms with E-state index in [1.54, 1.807) is 25.3 Å². The molecule has 168 valence electrons. The number of para-hydroxylation sites is 1. The Hall–Kier alpha value is -3.36. The number of thioether (sulfide) groups is 1. The van der Waals surface area contributed by atoms with E-state index in [1.165, 1.54) is 17.8 Å². The number of sulfone groups is 1. The first-order valence-corrected chi connectivity index (χ1v) is 13.0. The fourth-order valence-corrected chi connectivity index (χ4v) is 5.02. The smallest absolute Gasteiger partial charge is 0.234 e. The molecule has 0 aliphatic rings. The van der Waals surface area contributed by atoms with Gasteiger partial charge in [0.15, 0.2) is 9.84 Å². The number of benzene rings is 3.